The minimum atomic E-state index is -4.43. The Morgan fingerprint density at radius 3 is 2.56 bits per heavy atom. The number of anilines is 1. The first-order valence-corrected chi connectivity index (χ1v) is 4.22. The van der Waals surface area contributed by atoms with Crippen molar-refractivity contribution >= 4 is 5.69 Å². The summed E-state index contributed by atoms with van der Waals surface area (Å²) >= 11 is 0. The third kappa shape index (κ3) is 1.83. The SMILES string of the molecule is Nc1ccc(C(F)(F)F)cc1-c1ncno1. The van der Waals surface area contributed by atoms with E-state index in [-0.39, 0.29) is 17.1 Å². The molecule has 2 rings (SSSR count). The molecule has 0 amide bonds. The molecular weight excluding hydrogens is 223 g/mol. The van der Waals surface area contributed by atoms with Crippen molar-refractivity contribution in [2.24, 2.45) is 0 Å². The highest BCUT2D eigenvalue weighted by Gasteiger charge is 2.31. The number of hydrogen-bond donors (Lipinski definition) is 1. The lowest BCUT2D eigenvalue weighted by Crippen LogP contribution is -2.05. The van der Waals surface area contributed by atoms with Gasteiger partial charge in [-0.05, 0) is 18.2 Å². The van der Waals surface area contributed by atoms with Crippen LogP contribution in [0.15, 0.2) is 29.0 Å². The average molecular weight is 229 g/mol. The van der Waals surface area contributed by atoms with E-state index in [1.54, 1.807) is 0 Å². The molecule has 0 bridgehead atoms. The smallest absolute Gasteiger partial charge is 0.398 e. The fourth-order valence-electron chi connectivity index (χ4n) is 1.21. The summed E-state index contributed by atoms with van der Waals surface area (Å²) in [6.45, 7) is 0. The normalized spacial score (nSPS) is 11.7. The summed E-state index contributed by atoms with van der Waals surface area (Å²) in [5, 5.41) is 3.31. The number of aromatic nitrogens is 2. The first-order valence-electron chi connectivity index (χ1n) is 4.22. The van der Waals surface area contributed by atoms with Gasteiger partial charge in [-0.2, -0.15) is 18.2 Å². The number of rotatable bonds is 1. The zero-order valence-electron chi connectivity index (χ0n) is 7.82. The van der Waals surface area contributed by atoms with Gasteiger partial charge in [0.25, 0.3) is 5.89 Å². The first-order chi connectivity index (χ1) is 7.48. The van der Waals surface area contributed by atoms with E-state index in [0.717, 1.165) is 24.5 Å². The number of nitrogens with zero attached hydrogens (tertiary/aromatic N) is 2. The van der Waals surface area contributed by atoms with Crippen LogP contribution in [0.3, 0.4) is 0 Å². The zero-order chi connectivity index (χ0) is 11.8. The first kappa shape index (κ1) is 10.5. The summed E-state index contributed by atoms with van der Waals surface area (Å²) in [7, 11) is 0. The lowest BCUT2D eigenvalue weighted by molar-refractivity contribution is -0.137. The van der Waals surface area contributed by atoms with E-state index < -0.39 is 11.7 Å². The molecule has 0 radical (unpaired) electrons. The molecule has 16 heavy (non-hydrogen) atoms. The van der Waals surface area contributed by atoms with Crippen molar-refractivity contribution < 1.29 is 17.7 Å². The van der Waals surface area contributed by atoms with Gasteiger partial charge in [0.2, 0.25) is 0 Å². The van der Waals surface area contributed by atoms with Crippen molar-refractivity contribution in [2.75, 3.05) is 5.73 Å². The molecule has 0 aliphatic heterocycles. The highest BCUT2D eigenvalue weighted by atomic mass is 19.4. The van der Waals surface area contributed by atoms with E-state index in [1.165, 1.54) is 0 Å². The van der Waals surface area contributed by atoms with Gasteiger partial charge >= 0.3 is 6.18 Å². The predicted molar refractivity (Wildman–Crippen MR) is 49.1 cm³/mol. The highest BCUT2D eigenvalue weighted by molar-refractivity contribution is 5.71. The van der Waals surface area contributed by atoms with Crippen molar-refractivity contribution in [3.63, 3.8) is 0 Å². The Morgan fingerprint density at radius 1 is 1.25 bits per heavy atom. The maximum Gasteiger partial charge on any atom is 0.416 e. The van der Waals surface area contributed by atoms with Crippen LogP contribution in [0.5, 0.6) is 0 Å². The topological polar surface area (TPSA) is 64.9 Å². The summed E-state index contributed by atoms with van der Waals surface area (Å²) in [5.74, 6) is -0.0383. The maximum atomic E-state index is 12.4. The van der Waals surface area contributed by atoms with Gasteiger partial charge in [0.15, 0.2) is 6.33 Å². The van der Waals surface area contributed by atoms with Crippen LogP contribution < -0.4 is 5.73 Å². The minimum Gasteiger partial charge on any atom is -0.398 e. The maximum absolute atomic E-state index is 12.4. The van der Waals surface area contributed by atoms with Gasteiger partial charge < -0.3 is 10.3 Å². The molecule has 2 aromatic rings. The molecule has 1 aromatic carbocycles. The Labute approximate surface area is 87.9 Å². The molecule has 0 saturated heterocycles. The standard InChI is InChI=1S/C9H6F3N3O/c10-9(11,12)5-1-2-7(13)6(3-5)8-14-4-15-16-8/h1-4H,13H2. The van der Waals surface area contributed by atoms with Crippen LogP contribution in [0.4, 0.5) is 18.9 Å². The van der Waals surface area contributed by atoms with Gasteiger partial charge in [0.05, 0.1) is 11.1 Å². The van der Waals surface area contributed by atoms with E-state index >= 15 is 0 Å². The second kappa shape index (κ2) is 3.51. The number of nitrogen functional groups attached to an aromatic ring is 1. The summed E-state index contributed by atoms with van der Waals surface area (Å²) in [6.07, 6.45) is -3.34. The molecule has 0 aliphatic rings. The van der Waals surface area contributed by atoms with E-state index in [4.69, 9.17) is 5.73 Å². The second-order valence-electron chi connectivity index (χ2n) is 3.05. The van der Waals surface area contributed by atoms with Gasteiger partial charge in [-0.1, -0.05) is 5.16 Å². The fraction of sp³-hybridized carbons (Fsp3) is 0.111. The van der Waals surface area contributed by atoms with Crippen molar-refractivity contribution in [3.05, 3.63) is 30.1 Å². The van der Waals surface area contributed by atoms with Crippen LogP contribution in [0.1, 0.15) is 5.56 Å². The molecule has 4 nitrogen and oxygen atoms in total. The van der Waals surface area contributed by atoms with Crippen LogP contribution in [0, 0.1) is 0 Å². The van der Waals surface area contributed by atoms with Crippen LogP contribution >= 0.6 is 0 Å². The Balaban J connectivity index is 2.54. The molecule has 7 heteroatoms. The number of benzene rings is 1. The van der Waals surface area contributed by atoms with E-state index in [0.29, 0.717) is 0 Å². The molecule has 0 fully saturated rings. The molecule has 2 N–H and O–H groups in total. The van der Waals surface area contributed by atoms with Crippen molar-refractivity contribution in [1.82, 2.24) is 10.1 Å². The summed E-state index contributed by atoms with van der Waals surface area (Å²) in [6, 6.07) is 2.93. The van der Waals surface area contributed by atoms with Crippen LogP contribution in [-0.4, -0.2) is 10.1 Å². The monoisotopic (exact) mass is 229 g/mol. The lowest BCUT2D eigenvalue weighted by atomic mass is 10.1. The Bertz CT molecular complexity index is 493. The molecule has 84 valence electrons. The third-order valence-corrected chi connectivity index (χ3v) is 1.97. The Kier molecular flexibility index (Phi) is 2.30. The van der Waals surface area contributed by atoms with Crippen molar-refractivity contribution in [3.8, 4) is 11.5 Å². The molecular formula is C9H6F3N3O. The second-order valence-corrected chi connectivity index (χ2v) is 3.05. The molecule has 0 atom stereocenters. The predicted octanol–water partition coefficient (Wildman–Crippen LogP) is 2.34. The Morgan fingerprint density at radius 2 is 2.00 bits per heavy atom. The van der Waals surface area contributed by atoms with E-state index in [2.05, 4.69) is 14.7 Å². The summed E-state index contributed by atoms with van der Waals surface area (Å²) < 4.78 is 42.0. The minimum absolute atomic E-state index is 0.0383. The third-order valence-electron chi connectivity index (χ3n) is 1.97. The van der Waals surface area contributed by atoms with Crippen LogP contribution in [-0.2, 0) is 6.18 Å². The quantitative estimate of drug-likeness (QED) is 0.762. The molecule has 0 unspecified atom stereocenters. The fourth-order valence-corrected chi connectivity index (χ4v) is 1.21. The molecule has 1 heterocycles. The van der Waals surface area contributed by atoms with Gasteiger partial charge in [-0.25, -0.2) is 0 Å². The number of nitrogens with two attached hydrogens (primary N) is 1. The molecule has 0 spiro atoms. The van der Waals surface area contributed by atoms with E-state index in [9.17, 15) is 13.2 Å². The molecule has 0 aliphatic carbocycles. The number of hydrogen-bond acceptors (Lipinski definition) is 4. The average Bonchev–Trinajstić information content (AvgIpc) is 2.69. The van der Waals surface area contributed by atoms with Gasteiger partial charge in [0.1, 0.15) is 0 Å². The summed E-state index contributed by atoms with van der Waals surface area (Å²) in [5.41, 5.74) is 4.94. The van der Waals surface area contributed by atoms with Crippen LogP contribution in [0.2, 0.25) is 0 Å². The Hall–Kier alpha value is -2.05. The lowest BCUT2D eigenvalue weighted by Gasteiger charge is -2.08. The number of alkyl halides is 3. The highest BCUT2D eigenvalue weighted by Crippen LogP contribution is 2.34. The van der Waals surface area contributed by atoms with Gasteiger partial charge in [-0.3, -0.25) is 0 Å². The largest absolute Gasteiger partial charge is 0.416 e. The number of halogens is 3. The summed E-state index contributed by atoms with van der Waals surface area (Å²) in [4.78, 5) is 3.65. The van der Waals surface area contributed by atoms with Crippen molar-refractivity contribution in [1.29, 1.82) is 0 Å². The zero-order valence-corrected chi connectivity index (χ0v) is 7.82. The molecule has 1 aromatic heterocycles. The molecule has 0 saturated carbocycles. The van der Waals surface area contributed by atoms with Gasteiger partial charge in [0, 0.05) is 5.69 Å². The van der Waals surface area contributed by atoms with Crippen molar-refractivity contribution in [2.45, 2.75) is 6.18 Å². The van der Waals surface area contributed by atoms with Gasteiger partial charge in [-0.15, -0.1) is 0 Å². The van der Waals surface area contributed by atoms with E-state index in [1.807, 2.05) is 0 Å². The van der Waals surface area contributed by atoms with Crippen LogP contribution in [0.25, 0.3) is 11.5 Å².